The van der Waals surface area contributed by atoms with E-state index in [4.69, 9.17) is 4.74 Å². The molecule has 1 saturated heterocycles. The molecule has 7 nitrogen and oxygen atoms in total. The van der Waals surface area contributed by atoms with Gasteiger partial charge in [0.05, 0.1) is 4.90 Å². The van der Waals surface area contributed by atoms with Crippen molar-refractivity contribution in [2.45, 2.75) is 31.1 Å². The Labute approximate surface area is 180 Å². The maximum atomic E-state index is 12.9. The lowest BCUT2D eigenvalue weighted by atomic mass is 10.2. The summed E-state index contributed by atoms with van der Waals surface area (Å²) in [5, 5.41) is 4.52. The number of nitrogens with zero attached hydrogens (tertiary/aromatic N) is 1. The number of hydrogen-bond acceptors (Lipinski definition) is 6. The van der Waals surface area contributed by atoms with Gasteiger partial charge in [-0.05, 0) is 55.0 Å². The number of carbonyl (C=O) groups excluding carboxylic acids is 2. The van der Waals surface area contributed by atoms with Crippen LogP contribution in [-0.2, 0) is 24.3 Å². The van der Waals surface area contributed by atoms with E-state index in [1.165, 1.54) is 27.8 Å². The van der Waals surface area contributed by atoms with E-state index in [1.807, 2.05) is 17.5 Å². The highest BCUT2D eigenvalue weighted by molar-refractivity contribution is 7.89. The van der Waals surface area contributed by atoms with E-state index in [-0.39, 0.29) is 4.90 Å². The molecule has 9 heteroatoms. The van der Waals surface area contributed by atoms with E-state index in [0.717, 1.165) is 24.1 Å². The molecule has 0 radical (unpaired) electrons. The summed E-state index contributed by atoms with van der Waals surface area (Å²) in [4.78, 5) is 25.0. The highest BCUT2D eigenvalue weighted by Crippen LogP contribution is 2.25. The Morgan fingerprint density at radius 2 is 1.97 bits per heavy atom. The molecule has 1 aromatic carbocycles. The number of rotatable bonds is 7. The van der Waals surface area contributed by atoms with Gasteiger partial charge in [0.2, 0.25) is 10.0 Å². The first-order valence-electron chi connectivity index (χ1n) is 9.65. The number of aryl methyl sites for hydroxylation is 1. The van der Waals surface area contributed by atoms with Crippen LogP contribution in [-0.4, -0.2) is 44.3 Å². The lowest BCUT2D eigenvalue weighted by molar-refractivity contribution is -0.142. The van der Waals surface area contributed by atoms with E-state index in [9.17, 15) is 18.0 Å². The Balaban J connectivity index is 1.61. The zero-order valence-electron chi connectivity index (χ0n) is 16.7. The van der Waals surface area contributed by atoms with Crippen LogP contribution < -0.4 is 5.32 Å². The largest absolute Gasteiger partial charge is 0.452 e. The fraction of sp³-hybridized carbons (Fsp3) is 0.333. The number of benzene rings is 1. The summed E-state index contributed by atoms with van der Waals surface area (Å²) in [7, 11) is -3.60. The molecule has 0 unspecified atom stereocenters. The molecule has 1 aliphatic heterocycles. The predicted molar refractivity (Wildman–Crippen MR) is 117 cm³/mol. The van der Waals surface area contributed by atoms with Gasteiger partial charge in [-0.3, -0.25) is 4.79 Å². The molecule has 1 aromatic heterocycles. The molecule has 1 amide bonds. The van der Waals surface area contributed by atoms with Gasteiger partial charge in [0.15, 0.2) is 6.61 Å². The summed E-state index contributed by atoms with van der Waals surface area (Å²) in [6, 6.07) is 8.38. The maximum absolute atomic E-state index is 12.9. The van der Waals surface area contributed by atoms with Gasteiger partial charge < -0.3 is 10.1 Å². The molecule has 2 heterocycles. The number of piperidine rings is 1. The summed E-state index contributed by atoms with van der Waals surface area (Å²) < 4.78 is 32.1. The van der Waals surface area contributed by atoms with E-state index in [1.54, 1.807) is 25.1 Å². The molecule has 0 atom stereocenters. The minimum Gasteiger partial charge on any atom is -0.452 e. The summed E-state index contributed by atoms with van der Waals surface area (Å²) in [6.45, 7) is 2.32. The third kappa shape index (κ3) is 5.78. The van der Waals surface area contributed by atoms with Crippen LogP contribution in [0, 0.1) is 6.92 Å². The minimum atomic E-state index is -3.60. The topological polar surface area (TPSA) is 92.8 Å². The van der Waals surface area contributed by atoms with Crippen LogP contribution in [0.2, 0.25) is 0 Å². The van der Waals surface area contributed by atoms with Crippen molar-refractivity contribution in [2.75, 3.05) is 25.0 Å². The maximum Gasteiger partial charge on any atom is 0.331 e. The quantitative estimate of drug-likeness (QED) is 0.517. The molecule has 160 valence electrons. The third-order valence-electron chi connectivity index (χ3n) is 4.71. The molecule has 1 aliphatic rings. The number of anilines is 1. The van der Waals surface area contributed by atoms with Gasteiger partial charge in [-0.15, -0.1) is 11.3 Å². The van der Waals surface area contributed by atoms with E-state index < -0.39 is 28.5 Å². The van der Waals surface area contributed by atoms with Crippen molar-refractivity contribution in [3.05, 3.63) is 52.2 Å². The van der Waals surface area contributed by atoms with Gasteiger partial charge in [-0.2, -0.15) is 4.31 Å². The first-order valence-corrected chi connectivity index (χ1v) is 12.0. The minimum absolute atomic E-state index is 0.140. The molecule has 0 saturated carbocycles. The van der Waals surface area contributed by atoms with Gasteiger partial charge in [0.25, 0.3) is 5.91 Å². The monoisotopic (exact) mass is 448 g/mol. The van der Waals surface area contributed by atoms with Crippen LogP contribution in [0.15, 0.2) is 46.7 Å². The molecular weight excluding hydrogens is 424 g/mol. The molecular formula is C21H24N2O5S2. The molecule has 0 bridgehead atoms. The summed E-state index contributed by atoms with van der Waals surface area (Å²) in [5.74, 6) is -1.17. The lowest BCUT2D eigenvalue weighted by Gasteiger charge is -2.26. The standard InChI is InChI=1S/C21H24N2O5S2/c1-16-7-9-18(30(26,27)23-11-3-2-4-12-23)14-19(16)22-20(24)15-28-21(25)10-8-17-6-5-13-29-17/h5-10,13-14H,2-4,11-12,15H2,1H3,(H,22,24). The lowest BCUT2D eigenvalue weighted by Crippen LogP contribution is -2.35. The van der Waals surface area contributed by atoms with Gasteiger partial charge >= 0.3 is 5.97 Å². The number of sulfonamides is 1. The van der Waals surface area contributed by atoms with Crippen molar-refractivity contribution < 1.29 is 22.7 Å². The van der Waals surface area contributed by atoms with E-state index >= 15 is 0 Å². The number of amides is 1. The van der Waals surface area contributed by atoms with Crippen LogP contribution in [0.4, 0.5) is 5.69 Å². The Morgan fingerprint density at radius 3 is 2.67 bits per heavy atom. The first-order chi connectivity index (χ1) is 14.4. The number of carbonyl (C=O) groups is 2. The van der Waals surface area contributed by atoms with Crippen molar-refractivity contribution in [2.24, 2.45) is 0 Å². The zero-order chi connectivity index (χ0) is 21.6. The molecule has 3 rings (SSSR count). The van der Waals surface area contributed by atoms with Crippen LogP contribution in [0.1, 0.15) is 29.7 Å². The summed E-state index contributed by atoms with van der Waals surface area (Å²) >= 11 is 1.48. The van der Waals surface area contributed by atoms with E-state index in [2.05, 4.69) is 5.32 Å². The zero-order valence-corrected chi connectivity index (χ0v) is 18.3. The molecule has 0 aliphatic carbocycles. The SMILES string of the molecule is Cc1ccc(S(=O)(=O)N2CCCCC2)cc1NC(=O)COC(=O)C=Cc1cccs1. The van der Waals surface area contributed by atoms with Gasteiger partial charge in [-0.25, -0.2) is 13.2 Å². The second-order valence-corrected chi connectivity index (χ2v) is 9.86. The third-order valence-corrected chi connectivity index (χ3v) is 7.44. The molecule has 2 aromatic rings. The number of ether oxygens (including phenoxy) is 1. The van der Waals surface area contributed by atoms with Crippen molar-refractivity contribution in [1.82, 2.24) is 4.31 Å². The Kier molecular flexibility index (Phi) is 7.41. The summed E-state index contributed by atoms with van der Waals surface area (Å²) in [5.41, 5.74) is 1.09. The fourth-order valence-electron chi connectivity index (χ4n) is 3.06. The van der Waals surface area contributed by atoms with Crippen molar-refractivity contribution >= 4 is 45.0 Å². The van der Waals surface area contributed by atoms with Crippen molar-refractivity contribution in [3.8, 4) is 0 Å². The second kappa shape index (κ2) is 10.0. The summed E-state index contributed by atoms with van der Waals surface area (Å²) in [6.07, 6.45) is 5.60. The van der Waals surface area contributed by atoms with Gasteiger partial charge in [0.1, 0.15) is 0 Å². The van der Waals surface area contributed by atoms with Crippen molar-refractivity contribution in [1.29, 1.82) is 0 Å². The van der Waals surface area contributed by atoms with Crippen LogP contribution in [0.25, 0.3) is 6.08 Å². The van der Waals surface area contributed by atoms with Gasteiger partial charge in [0, 0.05) is 29.7 Å². The highest BCUT2D eigenvalue weighted by Gasteiger charge is 2.26. The van der Waals surface area contributed by atoms with Crippen LogP contribution in [0.5, 0.6) is 0 Å². The fourth-order valence-corrected chi connectivity index (χ4v) is 5.22. The smallest absolute Gasteiger partial charge is 0.331 e. The van der Waals surface area contributed by atoms with Crippen LogP contribution >= 0.6 is 11.3 Å². The van der Waals surface area contributed by atoms with E-state index in [0.29, 0.717) is 24.3 Å². The Hall–Kier alpha value is -2.49. The molecule has 1 N–H and O–H groups in total. The molecule has 1 fully saturated rings. The Bertz CT molecular complexity index is 1020. The molecule has 0 spiro atoms. The normalized spacial score (nSPS) is 15.2. The number of nitrogens with one attached hydrogen (secondary N) is 1. The second-order valence-electron chi connectivity index (χ2n) is 6.95. The van der Waals surface area contributed by atoms with Gasteiger partial charge in [-0.1, -0.05) is 18.6 Å². The highest BCUT2D eigenvalue weighted by atomic mass is 32.2. The molecule has 30 heavy (non-hydrogen) atoms. The average Bonchev–Trinajstić information content (AvgIpc) is 3.26. The number of thiophene rings is 1. The number of esters is 1. The predicted octanol–water partition coefficient (Wildman–Crippen LogP) is 3.43. The van der Waals surface area contributed by atoms with Crippen LogP contribution in [0.3, 0.4) is 0 Å². The first kappa shape index (κ1) is 22.2. The Morgan fingerprint density at radius 1 is 1.20 bits per heavy atom. The number of hydrogen-bond donors (Lipinski definition) is 1. The van der Waals surface area contributed by atoms with Crippen molar-refractivity contribution in [3.63, 3.8) is 0 Å². The average molecular weight is 449 g/mol.